The van der Waals surface area contributed by atoms with Crippen molar-refractivity contribution in [1.82, 2.24) is 14.9 Å². The molecule has 2 N–H and O–H groups in total. The van der Waals surface area contributed by atoms with Gasteiger partial charge in [0, 0.05) is 67.9 Å². The molecule has 0 bridgehead atoms. The lowest BCUT2D eigenvalue weighted by Crippen LogP contribution is -2.36. The van der Waals surface area contributed by atoms with E-state index in [4.69, 9.17) is 9.72 Å². The molecule has 0 spiro atoms. The number of aromatic nitrogens is 2. The molecule has 216 valence electrons. The van der Waals surface area contributed by atoms with Gasteiger partial charge in [0.2, 0.25) is 5.56 Å². The van der Waals surface area contributed by atoms with E-state index in [2.05, 4.69) is 88.7 Å². The SMILES string of the molecule is Cc1ccc(C(Nc2ccc3c(c2)Sc2cccc(-c4cc(N5CCOCC5)cc(=O)[nH]4)c2S3)[C@H]2CCCN2C)nc1. The third-order valence-corrected chi connectivity index (χ3v) is 11.0. The number of hydrogen-bond acceptors (Lipinski definition) is 8. The number of fused-ring (bicyclic) bond motifs is 2. The fourth-order valence-corrected chi connectivity index (χ4v) is 8.56. The number of aryl methyl sites for hydroxylation is 1. The molecule has 42 heavy (non-hydrogen) atoms. The molecule has 2 atom stereocenters. The number of hydrogen-bond donors (Lipinski definition) is 2. The highest BCUT2D eigenvalue weighted by atomic mass is 32.2. The zero-order valence-electron chi connectivity index (χ0n) is 23.9. The number of nitrogens with zero attached hydrogens (tertiary/aromatic N) is 3. The molecule has 9 heteroatoms. The van der Waals surface area contributed by atoms with Gasteiger partial charge in [0.1, 0.15) is 0 Å². The molecular formula is C33H35N5O2S2. The summed E-state index contributed by atoms with van der Waals surface area (Å²) in [5.41, 5.74) is 6.14. The number of ether oxygens (including phenoxy) is 1. The molecule has 0 amide bonds. The molecule has 0 aliphatic carbocycles. The van der Waals surface area contributed by atoms with E-state index in [1.807, 2.05) is 6.20 Å². The van der Waals surface area contributed by atoms with Crippen molar-refractivity contribution >= 4 is 34.9 Å². The average Bonchev–Trinajstić information content (AvgIpc) is 3.44. The molecule has 1 unspecified atom stereocenters. The number of morpholine rings is 1. The highest BCUT2D eigenvalue weighted by Gasteiger charge is 2.32. The summed E-state index contributed by atoms with van der Waals surface area (Å²) in [5, 5.41) is 3.86. The molecule has 2 aromatic heterocycles. The van der Waals surface area contributed by atoms with E-state index in [9.17, 15) is 4.79 Å². The van der Waals surface area contributed by atoms with Crippen LogP contribution in [0.3, 0.4) is 0 Å². The minimum absolute atomic E-state index is 0.0818. The highest BCUT2D eigenvalue weighted by molar-refractivity contribution is 8.05. The number of likely N-dealkylation sites (tertiary alicyclic amines) is 1. The Kier molecular flexibility index (Phi) is 7.75. The molecular weight excluding hydrogens is 563 g/mol. The van der Waals surface area contributed by atoms with Crippen molar-refractivity contribution in [2.24, 2.45) is 0 Å². The van der Waals surface area contributed by atoms with Gasteiger partial charge in [-0.15, -0.1) is 0 Å². The van der Waals surface area contributed by atoms with Crippen LogP contribution in [0.25, 0.3) is 11.3 Å². The lowest BCUT2D eigenvalue weighted by molar-refractivity contribution is 0.122. The van der Waals surface area contributed by atoms with Crippen molar-refractivity contribution in [3.8, 4) is 11.3 Å². The first-order valence-electron chi connectivity index (χ1n) is 14.6. The number of rotatable bonds is 6. The Bertz CT molecular complexity index is 1650. The van der Waals surface area contributed by atoms with Crippen LogP contribution in [0.1, 0.15) is 30.1 Å². The maximum absolute atomic E-state index is 12.7. The van der Waals surface area contributed by atoms with E-state index in [1.54, 1.807) is 29.6 Å². The van der Waals surface area contributed by atoms with Gasteiger partial charge < -0.3 is 24.8 Å². The van der Waals surface area contributed by atoms with Crippen molar-refractivity contribution in [1.29, 1.82) is 0 Å². The first-order valence-corrected chi connectivity index (χ1v) is 16.2. The predicted octanol–water partition coefficient (Wildman–Crippen LogP) is 6.45. The summed E-state index contributed by atoms with van der Waals surface area (Å²) in [5.74, 6) is 0. The smallest absolute Gasteiger partial charge is 0.250 e. The Labute approximate surface area is 255 Å². The summed E-state index contributed by atoms with van der Waals surface area (Å²) < 4.78 is 5.52. The van der Waals surface area contributed by atoms with Gasteiger partial charge in [0.25, 0.3) is 0 Å². The molecule has 7 nitrogen and oxygen atoms in total. The van der Waals surface area contributed by atoms with Crippen LogP contribution in [0.4, 0.5) is 11.4 Å². The van der Waals surface area contributed by atoms with Crippen LogP contribution in [-0.2, 0) is 4.74 Å². The first kappa shape index (κ1) is 27.6. The quantitative estimate of drug-likeness (QED) is 0.232. The van der Waals surface area contributed by atoms with E-state index in [0.29, 0.717) is 19.3 Å². The van der Waals surface area contributed by atoms with Crippen LogP contribution in [0.15, 0.2) is 91.2 Å². The van der Waals surface area contributed by atoms with Crippen molar-refractivity contribution < 1.29 is 4.74 Å². The number of anilines is 2. The van der Waals surface area contributed by atoms with Gasteiger partial charge in [-0.25, -0.2) is 0 Å². The number of likely N-dealkylation sites (N-methyl/N-ethyl adjacent to an activating group) is 1. The van der Waals surface area contributed by atoms with Crippen LogP contribution in [-0.4, -0.2) is 60.8 Å². The third kappa shape index (κ3) is 5.58. The number of aromatic amines is 1. The zero-order chi connectivity index (χ0) is 28.6. The Morgan fingerprint density at radius 2 is 1.88 bits per heavy atom. The van der Waals surface area contributed by atoms with Crippen molar-refractivity contribution in [2.75, 3.05) is 50.1 Å². The highest BCUT2D eigenvalue weighted by Crippen LogP contribution is 2.52. The lowest BCUT2D eigenvalue weighted by atomic mass is 10.0. The number of benzene rings is 2. The van der Waals surface area contributed by atoms with Crippen molar-refractivity contribution in [3.63, 3.8) is 0 Å². The molecule has 2 fully saturated rings. The summed E-state index contributed by atoms with van der Waals surface area (Å²) >= 11 is 3.57. The van der Waals surface area contributed by atoms with Crippen LogP contribution in [0.5, 0.6) is 0 Å². The Balaban J connectivity index is 1.17. The summed E-state index contributed by atoms with van der Waals surface area (Å²) in [6.07, 6.45) is 4.34. The summed E-state index contributed by atoms with van der Waals surface area (Å²) in [6, 6.07) is 21.7. The van der Waals surface area contributed by atoms with Gasteiger partial charge in [-0.3, -0.25) is 9.78 Å². The number of H-pyrrole nitrogens is 1. The molecule has 3 aliphatic heterocycles. The predicted molar refractivity (Wildman–Crippen MR) is 171 cm³/mol. The first-order chi connectivity index (χ1) is 20.5. The van der Waals surface area contributed by atoms with Gasteiger partial charge in [-0.2, -0.15) is 0 Å². The van der Waals surface area contributed by atoms with Crippen LogP contribution in [0.2, 0.25) is 0 Å². The number of nitrogens with one attached hydrogen (secondary N) is 2. The minimum Gasteiger partial charge on any atom is -0.378 e. The van der Waals surface area contributed by atoms with E-state index in [0.717, 1.165) is 54.4 Å². The second kappa shape index (κ2) is 11.8. The molecule has 0 radical (unpaired) electrons. The molecule has 2 aromatic carbocycles. The van der Waals surface area contributed by atoms with Crippen molar-refractivity contribution in [3.05, 3.63) is 88.5 Å². The van der Waals surface area contributed by atoms with E-state index in [-0.39, 0.29) is 11.6 Å². The Morgan fingerprint density at radius 3 is 2.67 bits per heavy atom. The van der Waals surface area contributed by atoms with Crippen molar-refractivity contribution in [2.45, 2.75) is 51.4 Å². The van der Waals surface area contributed by atoms with Gasteiger partial charge in [0.05, 0.1) is 30.6 Å². The third-order valence-electron chi connectivity index (χ3n) is 8.39. The maximum atomic E-state index is 12.7. The fourth-order valence-electron chi connectivity index (χ4n) is 6.15. The summed E-state index contributed by atoms with van der Waals surface area (Å²) in [4.78, 5) is 30.2. The van der Waals surface area contributed by atoms with Crippen LogP contribution in [0, 0.1) is 6.92 Å². The number of pyridine rings is 2. The summed E-state index contributed by atoms with van der Waals surface area (Å²) in [7, 11) is 2.22. The zero-order valence-corrected chi connectivity index (χ0v) is 25.6. The topological polar surface area (TPSA) is 73.5 Å². The molecule has 2 saturated heterocycles. The van der Waals surface area contributed by atoms with E-state index < -0.39 is 0 Å². The summed E-state index contributed by atoms with van der Waals surface area (Å²) in [6.45, 7) is 6.15. The monoisotopic (exact) mass is 597 g/mol. The fraction of sp³-hybridized carbons (Fsp3) is 0.333. The van der Waals surface area contributed by atoms with Gasteiger partial charge in [-0.1, -0.05) is 41.7 Å². The normalized spacial score (nSPS) is 19.3. The molecule has 3 aliphatic rings. The molecule has 0 saturated carbocycles. The Morgan fingerprint density at radius 1 is 1.00 bits per heavy atom. The molecule has 5 heterocycles. The maximum Gasteiger partial charge on any atom is 0.250 e. The van der Waals surface area contributed by atoms with Gasteiger partial charge in [-0.05, 0) is 75.3 Å². The van der Waals surface area contributed by atoms with Crippen LogP contribution >= 0.6 is 23.5 Å². The second-order valence-electron chi connectivity index (χ2n) is 11.3. The van der Waals surface area contributed by atoms with Gasteiger partial charge >= 0.3 is 0 Å². The molecule has 4 aromatic rings. The molecule has 7 rings (SSSR count). The second-order valence-corrected chi connectivity index (χ2v) is 13.4. The van der Waals surface area contributed by atoms with E-state index >= 15 is 0 Å². The largest absolute Gasteiger partial charge is 0.378 e. The van der Waals surface area contributed by atoms with Gasteiger partial charge in [0.15, 0.2) is 0 Å². The van der Waals surface area contributed by atoms with E-state index in [1.165, 1.54) is 31.6 Å². The standard InChI is InChI=1S/C33H35N5O2S2/c1-21-8-10-25(34-20-21)32(27-6-4-12-37(27)2)35-22-9-11-28-30(17-22)41-29-7-3-5-24(33(29)42-28)26-18-23(19-31(39)36-26)38-13-15-40-16-14-38/h3,5,7-11,17-20,27,32,35H,4,6,12-16H2,1-2H3,(H,36,39)/t27-,32?/m1/s1. The van der Waals surface area contributed by atoms with Crippen LogP contribution < -0.4 is 15.8 Å². The Hall–Kier alpha value is -3.24. The minimum atomic E-state index is -0.0818. The average molecular weight is 598 g/mol. The lowest BCUT2D eigenvalue weighted by Gasteiger charge is -2.31.